The Bertz CT molecular complexity index is 601. The highest BCUT2D eigenvalue weighted by Crippen LogP contribution is 2.29. The number of ether oxygens (including phenoxy) is 1. The fourth-order valence-corrected chi connectivity index (χ4v) is 1.82. The SMILES string of the molecule is Cc1ccc(Oc2cc(C(N)=S)ccn2)c(Cl)c1. The van der Waals surface area contributed by atoms with Crippen LogP contribution in [0.1, 0.15) is 11.1 Å². The molecule has 0 fully saturated rings. The van der Waals surface area contributed by atoms with Crippen LogP contribution in [0.5, 0.6) is 11.6 Å². The van der Waals surface area contributed by atoms with Crippen LogP contribution in [0.25, 0.3) is 0 Å². The van der Waals surface area contributed by atoms with Crippen LogP contribution in [0.4, 0.5) is 0 Å². The third-order valence-corrected chi connectivity index (χ3v) is 2.85. The van der Waals surface area contributed by atoms with E-state index < -0.39 is 0 Å². The zero-order chi connectivity index (χ0) is 13.1. The lowest BCUT2D eigenvalue weighted by atomic mass is 10.2. The van der Waals surface area contributed by atoms with Crippen LogP contribution in [0, 0.1) is 6.92 Å². The summed E-state index contributed by atoms with van der Waals surface area (Å²) >= 11 is 11.0. The van der Waals surface area contributed by atoms with Crippen molar-refractivity contribution in [2.45, 2.75) is 6.92 Å². The minimum atomic E-state index is 0.303. The first kappa shape index (κ1) is 12.8. The van der Waals surface area contributed by atoms with Gasteiger partial charge in [0.1, 0.15) is 10.7 Å². The number of aryl methyl sites for hydroxylation is 1. The van der Waals surface area contributed by atoms with E-state index in [1.54, 1.807) is 24.4 Å². The Kier molecular flexibility index (Phi) is 3.79. The Balaban J connectivity index is 2.28. The summed E-state index contributed by atoms with van der Waals surface area (Å²) in [7, 11) is 0. The van der Waals surface area contributed by atoms with Gasteiger partial charge in [0.25, 0.3) is 0 Å². The molecule has 1 aromatic carbocycles. The van der Waals surface area contributed by atoms with Crippen molar-refractivity contribution in [2.24, 2.45) is 5.73 Å². The second kappa shape index (κ2) is 5.33. The van der Waals surface area contributed by atoms with Gasteiger partial charge in [0.15, 0.2) is 0 Å². The molecule has 3 nitrogen and oxygen atoms in total. The number of hydrogen-bond donors (Lipinski definition) is 1. The van der Waals surface area contributed by atoms with Gasteiger partial charge in [-0.05, 0) is 30.7 Å². The number of rotatable bonds is 3. The van der Waals surface area contributed by atoms with Gasteiger partial charge in [0.05, 0.1) is 5.02 Å². The number of nitrogens with zero attached hydrogens (tertiary/aromatic N) is 1. The molecule has 2 rings (SSSR count). The largest absolute Gasteiger partial charge is 0.437 e. The topological polar surface area (TPSA) is 48.1 Å². The molecule has 0 radical (unpaired) electrons. The molecule has 18 heavy (non-hydrogen) atoms. The first-order valence-corrected chi connectivity index (χ1v) is 6.05. The van der Waals surface area contributed by atoms with E-state index in [1.165, 1.54) is 0 Å². The number of nitrogens with two attached hydrogens (primary N) is 1. The van der Waals surface area contributed by atoms with Crippen molar-refractivity contribution < 1.29 is 4.74 Å². The highest BCUT2D eigenvalue weighted by molar-refractivity contribution is 7.80. The third kappa shape index (κ3) is 2.97. The number of hydrogen-bond acceptors (Lipinski definition) is 3. The van der Waals surface area contributed by atoms with Crippen molar-refractivity contribution in [3.8, 4) is 11.6 Å². The van der Waals surface area contributed by atoms with E-state index in [1.807, 2.05) is 19.1 Å². The quantitative estimate of drug-likeness (QED) is 0.874. The minimum absolute atomic E-state index is 0.303. The molecule has 0 aliphatic rings. The lowest BCUT2D eigenvalue weighted by Crippen LogP contribution is -2.09. The second-order valence-electron chi connectivity index (χ2n) is 3.78. The van der Waals surface area contributed by atoms with Crippen LogP contribution < -0.4 is 10.5 Å². The summed E-state index contributed by atoms with van der Waals surface area (Å²) in [6.45, 7) is 1.96. The maximum Gasteiger partial charge on any atom is 0.219 e. The van der Waals surface area contributed by atoms with Crippen LogP contribution >= 0.6 is 23.8 Å². The minimum Gasteiger partial charge on any atom is -0.437 e. The van der Waals surface area contributed by atoms with Crippen molar-refractivity contribution in [3.05, 3.63) is 52.7 Å². The van der Waals surface area contributed by atoms with E-state index in [0.717, 1.165) is 5.56 Å². The van der Waals surface area contributed by atoms with E-state index in [0.29, 0.717) is 27.2 Å². The highest BCUT2D eigenvalue weighted by atomic mass is 35.5. The second-order valence-corrected chi connectivity index (χ2v) is 4.63. The smallest absolute Gasteiger partial charge is 0.219 e. The Hall–Kier alpha value is -1.65. The molecule has 0 spiro atoms. The van der Waals surface area contributed by atoms with Crippen molar-refractivity contribution >= 4 is 28.8 Å². The molecule has 2 N–H and O–H groups in total. The van der Waals surface area contributed by atoms with Crippen molar-refractivity contribution in [3.63, 3.8) is 0 Å². The normalized spacial score (nSPS) is 10.1. The maximum atomic E-state index is 6.08. The summed E-state index contributed by atoms with van der Waals surface area (Å²) in [4.78, 5) is 4.39. The van der Waals surface area contributed by atoms with Crippen LogP contribution in [0.3, 0.4) is 0 Å². The molecule has 0 aliphatic carbocycles. The van der Waals surface area contributed by atoms with Crippen molar-refractivity contribution in [1.29, 1.82) is 0 Å². The van der Waals surface area contributed by atoms with Crippen LogP contribution in [0.2, 0.25) is 5.02 Å². The Morgan fingerprint density at radius 1 is 1.33 bits per heavy atom. The molecule has 0 bridgehead atoms. The molecule has 92 valence electrons. The fraction of sp³-hybridized carbons (Fsp3) is 0.0769. The Morgan fingerprint density at radius 3 is 2.78 bits per heavy atom. The molecular formula is C13H11ClN2OS. The van der Waals surface area contributed by atoms with E-state index >= 15 is 0 Å². The summed E-state index contributed by atoms with van der Waals surface area (Å²) in [5.74, 6) is 0.959. The molecule has 1 aromatic heterocycles. The Labute approximate surface area is 116 Å². The van der Waals surface area contributed by atoms with Crippen molar-refractivity contribution in [1.82, 2.24) is 4.98 Å². The lowest BCUT2D eigenvalue weighted by Gasteiger charge is -2.08. The third-order valence-electron chi connectivity index (χ3n) is 2.32. The van der Waals surface area contributed by atoms with E-state index in [-0.39, 0.29) is 0 Å². The predicted octanol–water partition coefficient (Wildman–Crippen LogP) is 3.47. The van der Waals surface area contributed by atoms with E-state index in [2.05, 4.69) is 4.98 Å². The van der Waals surface area contributed by atoms with Gasteiger partial charge in [0.2, 0.25) is 5.88 Å². The highest BCUT2D eigenvalue weighted by Gasteiger charge is 2.05. The van der Waals surface area contributed by atoms with Gasteiger partial charge in [-0.25, -0.2) is 4.98 Å². The molecular weight excluding hydrogens is 268 g/mol. The summed E-state index contributed by atoms with van der Waals surface area (Å²) in [5, 5.41) is 0.539. The average molecular weight is 279 g/mol. The molecule has 0 unspecified atom stereocenters. The molecule has 0 amide bonds. The Morgan fingerprint density at radius 2 is 2.11 bits per heavy atom. The zero-order valence-corrected chi connectivity index (χ0v) is 11.3. The standard InChI is InChI=1S/C13H11ClN2OS/c1-8-2-3-11(10(14)6-8)17-12-7-9(13(15)18)4-5-16-12/h2-7H,1H3,(H2,15,18). The van der Waals surface area contributed by atoms with Gasteiger partial charge in [-0.1, -0.05) is 29.9 Å². The zero-order valence-electron chi connectivity index (χ0n) is 9.68. The monoisotopic (exact) mass is 278 g/mol. The van der Waals surface area contributed by atoms with Gasteiger partial charge in [-0.3, -0.25) is 0 Å². The van der Waals surface area contributed by atoms with E-state index in [4.69, 9.17) is 34.3 Å². The average Bonchev–Trinajstić information content (AvgIpc) is 2.33. The molecule has 0 aliphatic heterocycles. The molecule has 0 saturated heterocycles. The number of aromatic nitrogens is 1. The lowest BCUT2D eigenvalue weighted by molar-refractivity contribution is 0.463. The number of thiocarbonyl (C=S) groups is 1. The summed E-state index contributed by atoms with van der Waals surface area (Å²) in [5.41, 5.74) is 7.32. The van der Waals surface area contributed by atoms with Crippen LogP contribution in [-0.4, -0.2) is 9.97 Å². The number of benzene rings is 1. The fourth-order valence-electron chi connectivity index (χ4n) is 1.42. The molecule has 5 heteroatoms. The van der Waals surface area contributed by atoms with Gasteiger partial charge < -0.3 is 10.5 Å². The van der Waals surface area contributed by atoms with Gasteiger partial charge in [-0.15, -0.1) is 0 Å². The number of halogens is 1. The van der Waals surface area contributed by atoms with Crippen LogP contribution in [-0.2, 0) is 0 Å². The van der Waals surface area contributed by atoms with E-state index in [9.17, 15) is 0 Å². The van der Waals surface area contributed by atoms with Gasteiger partial charge in [0, 0.05) is 17.8 Å². The molecule has 0 saturated carbocycles. The summed E-state index contributed by atoms with van der Waals surface area (Å²) in [6.07, 6.45) is 1.59. The summed E-state index contributed by atoms with van der Waals surface area (Å²) < 4.78 is 5.60. The first-order valence-electron chi connectivity index (χ1n) is 5.26. The van der Waals surface area contributed by atoms with Gasteiger partial charge >= 0.3 is 0 Å². The van der Waals surface area contributed by atoms with Crippen molar-refractivity contribution in [2.75, 3.05) is 0 Å². The van der Waals surface area contributed by atoms with Gasteiger partial charge in [-0.2, -0.15) is 0 Å². The molecule has 1 heterocycles. The summed E-state index contributed by atoms with van der Waals surface area (Å²) in [6, 6.07) is 8.95. The molecule has 2 aromatic rings. The maximum absolute atomic E-state index is 6.08. The predicted molar refractivity (Wildman–Crippen MR) is 76.4 cm³/mol. The first-order chi connectivity index (χ1) is 8.56. The van der Waals surface area contributed by atoms with Crippen LogP contribution in [0.15, 0.2) is 36.5 Å². The number of pyridine rings is 1. The molecule has 0 atom stereocenters.